The Kier molecular flexibility index (Phi) is 6.22. The highest BCUT2D eigenvalue weighted by atomic mass is 35.5. The van der Waals surface area contributed by atoms with Crippen LogP contribution in [0.1, 0.15) is 41.7 Å². The molecule has 38 heavy (non-hydrogen) atoms. The maximum Gasteiger partial charge on any atom is 0.334 e. The summed E-state index contributed by atoms with van der Waals surface area (Å²) in [5.41, 5.74) is 4.44. The zero-order valence-corrected chi connectivity index (χ0v) is 21.4. The molecule has 0 spiro atoms. The minimum Gasteiger partial charge on any atom is -0.349 e. The van der Waals surface area contributed by atoms with Gasteiger partial charge >= 0.3 is 5.69 Å². The number of pyridine rings is 1. The first-order chi connectivity index (χ1) is 18.5. The van der Waals surface area contributed by atoms with E-state index in [9.17, 15) is 9.59 Å². The van der Waals surface area contributed by atoms with Gasteiger partial charge in [0.2, 0.25) is 0 Å². The van der Waals surface area contributed by atoms with Crippen LogP contribution in [0.5, 0.6) is 0 Å². The van der Waals surface area contributed by atoms with Gasteiger partial charge < -0.3 is 9.88 Å². The van der Waals surface area contributed by atoms with E-state index in [0.717, 1.165) is 35.0 Å². The molecule has 0 atom stereocenters. The van der Waals surface area contributed by atoms with E-state index < -0.39 is 0 Å². The number of halogens is 1. The normalized spacial score (nSPS) is 13.2. The summed E-state index contributed by atoms with van der Waals surface area (Å²) in [5, 5.41) is 13.7. The van der Waals surface area contributed by atoms with Crippen molar-refractivity contribution in [2.45, 2.75) is 44.8 Å². The molecule has 1 saturated carbocycles. The number of benzene rings is 2. The smallest absolute Gasteiger partial charge is 0.334 e. The molecule has 1 amide bonds. The maximum atomic E-state index is 13.9. The second-order valence-corrected chi connectivity index (χ2v) is 10.1. The molecule has 1 aliphatic rings. The number of imidazole rings is 1. The van der Waals surface area contributed by atoms with Crippen LogP contribution in [0.4, 0.5) is 0 Å². The Morgan fingerprint density at radius 2 is 1.87 bits per heavy atom. The highest BCUT2D eigenvalue weighted by Gasteiger charge is 2.24. The lowest BCUT2D eigenvalue weighted by molar-refractivity contribution is 0.0951. The Hall–Kier alpha value is -4.35. The Bertz CT molecular complexity index is 1770. The highest BCUT2D eigenvalue weighted by molar-refractivity contribution is 6.31. The number of hydrogen-bond acceptors (Lipinski definition) is 4. The molecular formula is C29H25ClN6O2. The number of hydrogen-bond donors (Lipinski definition) is 1. The van der Waals surface area contributed by atoms with Gasteiger partial charge in [0.15, 0.2) is 0 Å². The first-order valence-corrected chi connectivity index (χ1v) is 13.0. The molecule has 0 unspecified atom stereocenters. The third kappa shape index (κ3) is 4.46. The number of fused-ring (bicyclic) bond motifs is 2. The van der Waals surface area contributed by atoms with E-state index in [1.165, 1.54) is 0 Å². The molecule has 6 rings (SSSR count). The SMILES string of the molecule is N#CCCCn1c(Cn2c(=O)n(-c3ccc(C(=O)NC4CC4)cc3)c3ccncc32)cc2cc(Cl)ccc21. The van der Waals surface area contributed by atoms with Crippen molar-refractivity contribution in [2.24, 2.45) is 0 Å². The van der Waals surface area contributed by atoms with Crippen LogP contribution in [0.15, 0.2) is 71.8 Å². The molecular weight excluding hydrogens is 500 g/mol. The van der Waals surface area contributed by atoms with Crippen LogP contribution in [-0.2, 0) is 13.1 Å². The average Bonchev–Trinajstić information content (AvgIpc) is 3.61. The first-order valence-electron chi connectivity index (χ1n) is 12.6. The number of aromatic nitrogens is 4. The van der Waals surface area contributed by atoms with Crippen LogP contribution in [0.3, 0.4) is 0 Å². The van der Waals surface area contributed by atoms with Crippen molar-refractivity contribution in [3.63, 3.8) is 0 Å². The number of unbranched alkanes of at least 4 members (excludes halogenated alkanes) is 1. The standard InChI is InChI=1S/C29H25ClN6O2/c30-21-5-10-25-20(15-21)16-24(34(25)14-2-1-12-31)18-35-27-17-32-13-11-26(27)36(29(35)38)23-8-3-19(4-9-23)28(37)33-22-6-7-22/h3-5,8-11,13,15-17,22H,1-2,6-7,14,18H2,(H,33,37). The maximum absolute atomic E-state index is 13.9. The van der Waals surface area contributed by atoms with E-state index >= 15 is 0 Å². The minimum atomic E-state index is -0.199. The second kappa shape index (κ2) is 9.84. The first kappa shape index (κ1) is 24.0. The number of nitrogens with zero attached hydrogens (tertiary/aromatic N) is 5. The van der Waals surface area contributed by atoms with Crippen LogP contribution < -0.4 is 11.0 Å². The molecule has 5 aromatic rings. The number of carbonyl (C=O) groups excluding carboxylic acids is 1. The van der Waals surface area contributed by atoms with Gasteiger partial charge in [0.25, 0.3) is 5.91 Å². The van der Waals surface area contributed by atoms with Gasteiger partial charge in [-0.25, -0.2) is 4.79 Å². The number of nitrogens with one attached hydrogen (secondary N) is 1. The lowest BCUT2D eigenvalue weighted by atomic mass is 10.2. The fourth-order valence-corrected chi connectivity index (χ4v) is 5.12. The minimum absolute atomic E-state index is 0.0950. The van der Waals surface area contributed by atoms with E-state index in [1.807, 2.05) is 30.3 Å². The van der Waals surface area contributed by atoms with Crippen LogP contribution in [0.2, 0.25) is 5.02 Å². The fraction of sp³-hybridized carbons (Fsp3) is 0.241. The molecule has 0 radical (unpaired) electrons. The van der Waals surface area contributed by atoms with Gasteiger partial charge in [0, 0.05) is 52.4 Å². The summed E-state index contributed by atoms with van der Waals surface area (Å²) in [5.74, 6) is -0.0950. The largest absolute Gasteiger partial charge is 0.349 e. The summed E-state index contributed by atoms with van der Waals surface area (Å²) in [6.45, 7) is 0.985. The average molecular weight is 525 g/mol. The van der Waals surface area contributed by atoms with E-state index in [1.54, 1.807) is 45.8 Å². The quantitative estimate of drug-likeness (QED) is 0.287. The van der Waals surface area contributed by atoms with Crippen molar-refractivity contribution >= 4 is 39.4 Å². The Morgan fingerprint density at radius 1 is 1.05 bits per heavy atom. The van der Waals surface area contributed by atoms with Gasteiger partial charge in [0.05, 0.1) is 35.5 Å². The second-order valence-electron chi connectivity index (χ2n) is 9.62. The molecule has 0 saturated heterocycles. The van der Waals surface area contributed by atoms with E-state index in [-0.39, 0.29) is 17.6 Å². The van der Waals surface area contributed by atoms with Crippen molar-refractivity contribution in [1.29, 1.82) is 5.26 Å². The van der Waals surface area contributed by atoms with Gasteiger partial charge in [-0.05, 0) is 73.9 Å². The molecule has 1 aliphatic carbocycles. The predicted octanol–water partition coefficient (Wildman–Crippen LogP) is 5.04. The lowest BCUT2D eigenvalue weighted by Crippen LogP contribution is -2.26. The summed E-state index contributed by atoms with van der Waals surface area (Å²) in [4.78, 5) is 30.6. The number of rotatable bonds is 8. The Morgan fingerprint density at radius 3 is 2.63 bits per heavy atom. The zero-order valence-electron chi connectivity index (χ0n) is 20.6. The third-order valence-electron chi connectivity index (χ3n) is 6.97. The molecule has 190 valence electrons. The molecule has 1 fully saturated rings. The topological polar surface area (TPSA) is 97.6 Å². The van der Waals surface area contributed by atoms with Gasteiger partial charge in [-0.2, -0.15) is 5.26 Å². The Balaban J connectivity index is 1.41. The van der Waals surface area contributed by atoms with Crippen molar-refractivity contribution in [2.75, 3.05) is 0 Å². The summed E-state index contributed by atoms with van der Waals surface area (Å²) in [7, 11) is 0. The van der Waals surface area contributed by atoms with Crippen LogP contribution >= 0.6 is 11.6 Å². The summed E-state index contributed by atoms with van der Waals surface area (Å²) in [6.07, 6.45) is 6.57. The molecule has 8 nitrogen and oxygen atoms in total. The van der Waals surface area contributed by atoms with E-state index in [4.69, 9.17) is 16.9 Å². The van der Waals surface area contributed by atoms with Gasteiger partial charge in [-0.1, -0.05) is 11.6 Å². The summed E-state index contributed by atoms with van der Waals surface area (Å²) in [6, 6.07) is 19.2. The molecule has 0 aliphatic heterocycles. The predicted molar refractivity (Wildman–Crippen MR) is 147 cm³/mol. The van der Waals surface area contributed by atoms with Crippen molar-refractivity contribution < 1.29 is 4.79 Å². The van der Waals surface area contributed by atoms with E-state index in [0.29, 0.717) is 47.7 Å². The van der Waals surface area contributed by atoms with Crippen LogP contribution in [0.25, 0.3) is 27.6 Å². The van der Waals surface area contributed by atoms with Crippen LogP contribution in [-0.4, -0.2) is 30.6 Å². The third-order valence-corrected chi connectivity index (χ3v) is 7.21. The molecule has 3 heterocycles. The molecule has 1 N–H and O–H groups in total. The zero-order chi connectivity index (χ0) is 26.2. The summed E-state index contributed by atoms with van der Waals surface area (Å²) < 4.78 is 5.52. The molecule has 0 bridgehead atoms. The fourth-order valence-electron chi connectivity index (χ4n) is 4.94. The molecule has 2 aromatic carbocycles. The van der Waals surface area contributed by atoms with E-state index in [2.05, 4.69) is 20.9 Å². The highest BCUT2D eigenvalue weighted by Crippen LogP contribution is 2.26. The molecule has 3 aromatic heterocycles. The number of nitriles is 1. The van der Waals surface area contributed by atoms with Crippen molar-refractivity contribution in [3.05, 3.63) is 93.8 Å². The number of carbonyl (C=O) groups is 1. The van der Waals surface area contributed by atoms with Gasteiger partial charge in [-0.15, -0.1) is 0 Å². The Labute approximate surface area is 223 Å². The lowest BCUT2D eigenvalue weighted by Gasteiger charge is -2.11. The van der Waals surface area contributed by atoms with Crippen LogP contribution in [0, 0.1) is 11.3 Å². The molecule has 9 heteroatoms. The van der Waals surface area contributed by atoms with Gasteiger partial charge in [0.1, 0.15) is 0 Å². The monoisotopic (exact) mass is 524 g/mol. The van der Waals surface area contributed by atoms with Gasteiger partial charge in [-0.3, -0.25) is 18.9 Å². The number of amides is 1. The summed E-state index contributed by atoms with van der Waals surface area (Å²) >= 11 is 6.26. The van der Waals surface area contributed by atoms with Crippen molar-refractivity contribution in [1.82, 2.24) is 24.0 Å². The van der Waals surface area contributed by atoms with Crippen molar-refractivity contribution in [3.8, 4) is 11.8 Å². The number of aryl methyl sites for hydroxylation is 1.